The zero-order valence-electron chi connectivity index (χ0n) is 8.81. The molecule has 0 aliphatic carbocycles. The fraction of sp³-hybridized carbons (Fsp3) is 0.500. The van der Waals surface area contributed by atoms with Gasteiger partial charge in [0, 0.05) is 5.38 Å². The molecule has 0 heterocycles. The molecule has 1 atom stereocenters. The van der Waals surface area contributed by atoms with E-state index in [9.17, 15) is 0 Å². The van der Waals surface area contributed by atoms with E-state index in [1.807, 2.05) is 13.0 Å². The van der Waals surface area contributed by atoms with Crippen molar-refractivity contribution in [2.45, 2.75) is 39.0 Å². The molecule has 0 nitrogen and oxygen atoms in total. The van der Waals surface area contributed by atoms with Gasteiger partial charge in [-0.05, 0) is 20.3 Å². The summed E-state index contributed by atoms with van der Waals surface area (Å²) in [6, 6.07) is 0. The minimum Gasteiger partial charge on any atom is -0.119 e. The van der Waals surface area contributed by atoms with E-state index in [0.29, 0.717) is 0 Å². The maximum atomic E-state index is 5.82. The molecule has 0 fully saturated rings. The first-order chi connectivity index (χ1) is 6.06. The van der Waals surface area contributed by atoms with Crippen LogP contribution in [0.5, 0.6) is 0 Å². The van der Waals surface area contributed by atoms with Crippen molar-refractivity contribution in [2.24, 2.45) is 0 Å². The van der Waals surface area contributed by atoms with Crippen LogP contribution in [-0.4, -0.2) is 5.38 Å². The fourth-order valence-electron chi connectivity index (χ4n) is 1.07. The number of alkyl halides is 1. The van der Waals surface area contributed by atoms with Crippen LogP contribution in [-0.2, 0) is 0 Å². The zero-order valence-corrected chi connectivity index (χ0v) is 9.56. The van der Waals surface area contributed by atoms with Gasteiger partial charge < -0.3 is 0 Å². The molecular weight excluding hydrogens is 180 g/mol. The van der Waals surface area contributed by atoms with E-state index in [1.165, 1.54) is 11.1 Å². The highest BCUT2D eigenvalue weighted by atomic mass is 35.5. The molecule has 0 spiro atoms. The monoisotopic (exact) mass is 198 g/mol. The van der Waals surface area contributed by atoms with Gasteiger partial charge in [0.2, 0.25) is 0 Å². The largest absolute Gasteiger partial charge is 0.119 e. The lowest BCUT2D eigenvalue weighted by Crippen LogP contribution is -1.83. The molecule has 1 unspecified atom stereocenters. The van der Waals surface area contributed by atoms with Gasteiger partial charge in [-0.15, -0.1) is 11.6 Å². The van der Waals surface area contributed by atoms with Crippen LogP contribution < -0.4 is 0 Å². The predicted octanol–water partition coefficient (Wildman–Crippen LogP) is 4.47. The molecule has 0 aliphatic heterocycles. The van der Waals surface area contributed by atoms with E-state index in [0.717, 1.165) is 12.8 Å². The highest BCUT2D eigenvalue weighted by Crippen LogP contribution is 2.07. The Morgan fingerprint density at radius 1 is 1.46 bits per heavy atom. The quantitative estimate of drug-likeness (QED) is 0.452. The zero-order chi connectivity index (χ0) is 10.3. The molecule has 0 saturated carbocycles. The fourth-order valence-corrected chi connectivity index (χ4v) is 1.27. The van der Waals surface area contributed by atoms with Crippen molar-refractivity contribution in [1.82, 2.24) is 0 Å². The molecule has 0 aromatic rings. The summed E-state index contributed by atoms with van der Waals surface area (Å²) >= 11 is 5.82. The SMILES string of the molecule is C=C(/C=C\C(C)=C/C(C)Cl)CCC. The first-order valence-electron chi connectivity index (χ1n) is 4.74. The van der Waals surface area contributed by atoms with Crippen LogP contribution in [0.25, 0.3) is 0 Å². The van der Waals surface area contributed by atoms with Crippen LogP contribution in [0.1, 0.15) is 33.6 Å². The van der Waals surface area contributed by atoms with Crippen LogP contribution in [0.2, 0.25) is 0 Å². The Morgan fingerprint density at radius 3 is 2.54 bits per heavy atom. The topological polar surface area (TPSA) is 0 Å². The summed E-state index contributed by atoms with van der Waals surface area (Å²) in [5.74, 6) is 0. The second-order valence-corrected chi connectivity index (χ2v) is 4.02. The van der Waals surface area contributed by atoms with Gasteiger partial charge in [0.05, 0.1) is 0 Å². The van der Waals surface area contributed by atoms with Crippen molar-refractivity contribution in [3.8, 4) is 0 Å². The lowest BCUT2D eigenvalue weighted by molar-refractivity contribution is 0.929. The van der Waals surface area contributed by atoms with Gasteiger partial charge in [0.25, 0.3) is 0 Å². The van der Waals surface area contributed by atoms with Crippen molar-refractivity contribution in [2.75, 3.05) is 0 Å². The number of halogens is 1. The number of hydrogen-bond donors (Lipinski definition) is 0. The van der Waals surface area contributed by atoms with Gasteiger partial charge in [-0.2, -0.15) is 0 Å². The molecule has 0 rings (SSSR count). The van der Waals surface area contributed by atoms with Gasteiger partial charge in [0.1, 0.15) is 0 Å². The summed E-state index contributed by atoms with van der Waals surface area (Å²) < 4.78 is 0. The Bertz CT molecular complexity index is 209. The van der Waals surface area contributed by atoms with Crippen LogP contribution >= 0.6 is 11.6 Å². The summed E-state index contributed by atoms with van der Waals surface area (Å²) in [5.41, 5.74) is 2.37. The molecule has 1 heteroatoms. The molecule has 13 heavy (non-hydrogen) atoms. The minimum atomic E-state index is 0.101. The Morgan fingerprint density at radius 2 is 2.08 bits per heavy atom. The summed E-state index contributed by atoms with van der Waals surface area (Å²) in [6.45, 7) is 10.1. The van der Waals surface area contributed by atoms with Gasteiger partial charge in [-0.1, -0.05) is 49.3 Å². The van der Waals surface area contributed by atoms with Crippen LogP contribution in [0, 0.1) is 0 Å². The Hall–Kier alpha value is -0.490. The maximum Gasteiger partial charge on any atom is 0.0493 e. The number of allylic oxidation sites excluding steroid dienone is 5. The lowest BCUT2D eigenvalue weighted by atomic mass is 10.1. The highest BCUT2D eigenvalue weighted by molar-refractivity contribution is 6.21. The molecule has 0 saturated heterocycles. The first kappa shape index (κ1) is 12.5. The predicted molar refractivity (Wildman–Crippen MR) is 62.3 cm³/mol. The standard InChI is InChI=1S/C12H19Cl/c1-5-6-10(2)7-8-11(3)9-12(4)13/h7-9,12H,2,5-6H2,1,3-4H3/b8-7-,11-9-. The van der Waals surface area contributed by atoms with Crippen molar-refractivity contribution in [3.63, 3.8) is 0 Å². The Labute approximate surface area is 87.0 Å². The van der Waals surface area contributed by atoms with E-state index in [-0.39, 0.29) is 5.38 Å². The van der Waals surface area contributed by atoms with Crippen molar-refractivity contribution in [1.29, 1.82) is 0 Å². The average molecular weight is 199 g/mol. The average Bonchev–Trinajstić information content (AvgIpc) is 2.00. The molecule has 0 aliphatic rings. The molecular formula is C12H19Cl. The second-order valence-electron chi connectivity index (χ2n) is 3.33. The lowest BCUT2D eigenvalue weighted by Gasteiger charge is -1.97. The second kappa shape index (κ2) is 6.97. The third kappa shape index (κ3) is 7.86. The molecule has 0 N–H and O–H groups in total. The van der Waals surface area contributed by atoms with E-state index in [4.69, 9.17) is 11.6 Å². The van der Waals surface area contributed by atoms with Gasteiger partial charge in [-0.3, -0.25) is 0 Å². The van der Waals surface area contributed by atoms with Crippen molar-refractivity contribution in [3.05, 3.63) is 36.0 Å². The molecule has 0 radical (unpaired) electrons. The smallest absolute Gasteiger partial charge is 0.0493 e. The van der Waals surface area contributed by atoms with Crippen molar-refractivity contribution < 1.29 is 0 Å². The summed E-state index contributed by atoms with van der Waals surface area (Å²) in [7, 11) is 0. The number of rotatable bonds is 5. The molecule has 0 aromatic carbocycles. The first-order valence-corrected chi connectivity index (χ1v) is 5.18. The molecule has 74 valence electrons. The normalized spacial score (nSPS) is 14.9. The van der Waals surface area contributed by atoms with E-state index in [1.54, 1.807) is 0 Å². The molecule has 0 aromatic heterocycles. The van der Waals surface area contributed by atoms with Gasteiger partial charge >= 0.3 is 0 Å². The maximum absolute atomic E-state index is 5.82. The molecule has 0 bridgehead atoms. The highest BCUT2D eigenvalue weighted by Gasteiger charge is 1.90. The summed E-state index contributed by atoms with van der Waals surface area (Å²) in [5, 5.41) is 0.101. The van der Waals surface area contributed by atoms with Gasteiger partial charge in [0.15, 0.2) is 0 Å². The van der Waals surface area contributed by atoms with E-state index < -0.39 is 0 Å². The van der Waals surface area contributed by atoms with E-state index >= 15 is 0 Å². The molecule has 0 amide bonds. The minimum absolute atomic E-state index is 0.101. The van der Waals surface area contributed by atoms with Crippen LogP contribution in [0.3, 0.4) is 0 Å². The number of hydrogen-bond acceptors (Lipinski definition) is 0. The third-order valence-electron chi connectivity index (χ3n) is 1.65. The van der Waals surface area contributed by atoms with Gasteiger partial charge in [-0.25, -0.2) is 0 Å². The Balaban J connectivity index is 4.04. The van der Waals surface area contributed by atoms with Crippen LogP contribution in [0.15, 0.2) is 36.0 Å². The Kier molecular flexibility index (Phi) is 6.70. The van der Waals surface area contributed by atoms with Crippen molar-refractivity contribution >= 4 is 11.6 Å². The summed E-state index contributed by atoms with van der Waals surface area (Å²) in [4.78, 5) is 0. The van der Waals surface area contributed by atoms with E-state index in [2.05, 4.69) is 32.6 Å². The summed E-state index contributed by atoms with van der Waals surface area (Å²) in [6.07, 6.45) is 8.38. The van der Waals surface area contributed by atoms with Crippen LogP contribution in [0.4, 0.5) is 0 Å². The third-order valence-corrected chi connectivity index (χ3v) is 1.77.